The first-order chi connectivity index (χ1) is 9.19. The third-order valence-electron chi connectivity index (χ3n) is 2.96. The first-order valence-electron chi connectivity index (χ1n) is 6.27. The maximum Gasteiger partial charge on any atom is 0.118 e. The highest BCUT2D eigenvalue weighted by Gasteiger charge is 2.02. The molecule has 0 bridgehead atoms. The minimum absolute atomic E-state index is 0.913. The van der Waals surface area contributed by atoms with Crippen LogP contribution in [0.4, 0.5) is 0 Å². The number of thiophene rings is 1. The normalized spacial score (nSPS) is 10.7. The van der Waals surface area contributed by atoms with Gasteiger partial charge in [-0.25, -0.2) is 0 Å². The maximum absolute atomic E-state index is 5.15. The van der Waals surface area contributed by atoms with E-state index in [0.717, 1.165) is 25.3 Å². The minimum Gasteiger partial charge on any atom is -0.497 e. The maximum atomic E-state index is 5.15. The molecule has 0 fully saturated rings. The van der Waals surface area contributed by atoms with Crippen LogP contribution in [0.3, 0.4) is 0 Å². The Hall–Kier alpha value is -0.840. The van der Waals surface area contributed by atoms with Gasteiger partial charge in [-0.15, -0.1) is 11.3 Å². The lowest BCUT2D eigenvalue weighted by molar-refractivity contribution is 0.414. The molecule has 0 saturated heterocycles. The van der Waals surface area contributed by atoms with Gasteiger partial charge in [0.2, 0.25) is 0 Å². The molecule has 0 radical (unpaired) electrons. The van der Waals surface area contributed by atoms with Crippen molar-refractivity contribution in [2.24, 2.45) is 0 Å². The fraction of sp³-hybridized carbons (Fsp3) is 0.333. The third kappa shape index (κ3) is 4.34. The zero-order valence-electron chi connectivity index (χ0n) is 11.2. The Morgan fingerprint density at radius 3 is 2.58 bits per heavy atom. The van der Waals surface area contributed by atoms with Crippen LogP contribution in [0, 0.1) is 6.92 Å². The molecule has 0 aliphatic heterocycles. The number of methoxy groups -OCH3 is 1. The zero-order valence-corrected chi connectivity index (χ0v) is 13.6. The van der Waals surface area contributed by atoms with E-state index >= 15 is 0 Å². The fourth-order valence-corrected chi connectivity index (χ4v) is 3.41. The Labute approximate surface area is 126 Å². The molecule has 2 aromatic rings. The Bertz CT molecular complexity index is 502. The summed E-state index contributed by atoms with van der Waals surface area (Å²) < 4.78 is 6.36. The average molecular weight is 340 g/mol. The van der Waals surface area contributed by atoms with Crippen LogP contribution in [-0.4, -0.2) is 13.7 Å². The van der Waals surface area contributed by atoms with Crippen molar-refractivity contribution in [3.8, 4) is 5.75 Å². The lowest BCUT2D eigenvalue weighted by atomic mass is 10.1. The van der Waals surface area contributed by atoms with Crippen LogP contribution in [0.5, 0.6) is 5.75 Å². The molecule has 19 heavy (non-hydrogen) atoms. The molecule has 102 valence electrons. The number of halogens is 1. The van der Waals surface area contributed by atoms with E-state index in [-0.39, 0.29) is 0 Å². The van der Waals surface area contributed by atoms with Gasteiger partial charge < -0.3 is 10.1 Å². The Kier molecular flexibility index (Phi) is 5.43. The van der Waals surface area contributed by atoms with Crippen LogP contribution in [-0.2, 0) is 13.0 Å². The van der Waals surface area contributed by atoms with E-state index < -0.39 is 0 Å². The number of rotatable bonds is 6. The highest BCUT2D eigenvalue weighted by molar-refractivity contribution is 9.10. The van der Waals surface area contributed by atoms with E-state index in [1.54, 1.807) is 7.11 Å². The van der Waals surface area contributed by atoms with Crippen molar-refractivity contribution < 1.29 is 4.74 Å². The summed E-state index contributed by atoms with van der Waals surface area (Å²) in [6, 6.07) is 10.4. The van der Waals surface area contributed by atoms with Gasteiger partial charge in [0.1, 0.15) is 5.75 Å². The van der Waals surface area contributed by atoms with E-state index in [1.807, 2.05) is 23.5 Å². The van der Waals surface area contributed by atoms with Crippen LogP contribution in [0.25, 0.3) is 0 Å². The molecule has 4 heteroatoms. The first kappa shape index (κ1) is 14.6. The van der Waals surface area contributed by atoms with E-state index in [0.29, 0.717) is 0 Å². The minimum atomic E-state index is 0.913. The molecule has 2 rings (SSSR count). The number of aryl methyl sites for hydroxylation is 1. The van der Waals surface area contributed by atoms with Gasteiger partial charge in [0.15, 0.2) is 0 Å². The number of nitrogens with one attached hydrogen (secondary N) is 1. The molecule has 2 nitrogen and oxygen atoms in total. The predicted octanol–water partition coefficient (Wildman–Crippen LogP) is 4.16. The largest absolute Gasteiger partial charge is 0.497 e. The summed E-state index contributed by atoms with van der Waals surface area (Å²) in [5.74, 6) is 0.913. The van der Waals surface area contributed by atoms with Crippen molar-refractivity contribution in [2.75, 3.05) is 13.7 Å². The van der Waals surface area contributed by atoms with E-state index in [9.17, 15) is 0 Å². The molecular weight excluding hydrogens is 322 g/mol. The molecule has 1 aromatic carbocycles. The zero-order chi connectivity index (χ0) is 13.7. The van der Waals surface area contributed by atoms with Crippen LogP contribution >= 0.6 is 27.3 Å². The topological polar surface area (TPSA) is 21.3 Å². The van der Waals surface area contributed by atoms with Gasteiger partial charge >= 0.3 is 0 Å². The SMILES string of the molecule is COc1ccc(CCNCc2cc(Br)c(C)s2)cc1. The van der Waals surface area contributed by atoms with Gasteiger partial charge in [0.25, 0.3) is 0 Å². The average Bonchev–Trinajstić information content (AvgIpc) is 2.74. The summed E-state index contributed by atoms with van der Waals surface area (Å²) in [7, 11) is 1.69. The number of ether oxygens (including phenoxy) is 1. The summed E-state index contributed by atoms with van der Waals surface area (Å²) in [6.45, 7) is 4.06. The molecule has 0 atom stereocenters. The molecular formula is C15H18BrNOS. The van der Waals surface area contributed by atoms with Crippen LogP contribution in [0.2, 0.25) is 0 Å². The summed E-state index contributed by atoms with van der Waals surface area (Å²) in [4.78, 5) is 2.71. The lowest BCUT2D eigenvalue weighted by Crippen LogP contribution is -2.15. The van der Waals surface area contributed by atoms with Crippen molar-refractivity contribution in [2.45, 2.75) is 19.9 Å². The molecule has 1 aromatic heterocycles. The highest BCUT2D eigenvalue weighted by Crippen LogP contribution is 2.26. The van der Waals surface area contributed by atoms with Gasteiger partial charge in [0.05, 0.1) is 7.11 Å². The van der Waals surface area contributed by atoms with Gasteiger partial charge in [0, 0.05) is 20.8 Å². The van der Waals surface area contributed by atoms with Gasteiger partial charge in [-0.05, 0) is 59.6 Å². The van der Waals surface area contributed by atoms with Crippen molar-refractivity contribution >= 4 is 27.3 Å². The molecule has 0 unspecified atom stereocenters. The molecule has 1 N–H and O–H groups in total. The Morgan fingerprint density at radius 1 is 1.26 bits per heavy atom. The third-order valence-corrected chi connectivity index (χ3v) is 5.09. The lowest BCUT2D eigenvalue weighted by Gasteiger charge is -2.05. The van der Waals surface area contributed by atoms with Crippen LogP contribution < -0.4 is 10.1 Å². The summed E-state index contributed by atoms with van der Waals surface area (Å²) in [6.07, 6.45) is 1.04. The number of benzene rings is 1. The van der Waals surface area contributed by atoms with Crippen molar-refractivity contribution in [3.63, 3.8) is 0 Å². The monoisotopic (exact) mass is 339 g/mol. The van der Waals surface area contributed by atoms with Gasteiger partial charge in [-0.2, -0.15) is 0 Å². The highest BCUT2D eigenvalue weighted by atomic mass is 79.9. The molecule has 0 aliphatic rings. The van der Waals surface area contributed by atoms with Crippen molar-refractivity contribution in [3.05, 3.63) is 50.1 Å². The molecule has 0 amide bonds. The summed E-state index contributed by atoms with van der Waals surface area (Å²) in [5, 5.41) is 3.48. The predicted molar refractivity (Wildman–Crippen MR) is 85.2 cm³/mol. The smallest absolute Gasteiger partial charge is 0.118 e. The fourth-order valence-electron chi connectivity index (χ4n) is 1.84. The second-order valence-corrected chi connectivity index (χ2v) is 6.59. The molecule has 0 saturated carbocycles. The standard InChI is InChI=1S/C15H18BrNOS/c1-11-15(16)9-14(19-11)10-17-8-7-12-3-5-13(18-2)6-4-12/h3-6,9,17H,7-8,10H2,1-2H3. The number of hydrogen-bond acceptors (Lipinski definition) is 3. The van der Waals surface area contributed by atoms with E-state index in [1.165, 1.54) is 19.8 Å². The van der Waals surface area contributed by atoms with Crippen LogP contribution in [0.15, 0.2) is 34.8 Å². The van der Waals surface area contributed by atoms with E-state index in [2.05, 4.69) is 46.4 Å². The second kappa shape index (κ2) is 7.08. The van der Waals surface area contributed by atoms with E-state index in [4.69, 9.17) is 4.74 Å². The summed E-state index contributed by atoms with van der Waals surface area (Å²) in [5.41, 5.74) is 1.33. The Balaban J connectivity index is 1.74. The first-order valence-corrected chi connectivity index (χ1v) is 7.88. The number of hydrogen-bond donors (Lipinski definition) is 1. The molecule has 0 aliphatic carbocycles. The van der Waals surface area contributed by atoms with Gasteiger partial charge in [-0.3, -0.25) is 0 Å². The molecule has 1 heterocycles. The van der Waals surface area contributed by atoms with Crippen LogP contribution in [0.1, 0.15) is 15.3 Å². The van der Waals surface area contributed by atoms with Gasteiger partial charge in [-0.1, -0.05) is 12.1 Å². The second-order valence-electron chi connectivity index (χ2n) is 4.39. The molecule has 0 spiro atoms. The Morgan fingerprint density at radius 2 is 2.00 bits per heavy atom. The van der Waals surface area contributed by atoms with Crippen molar-refractivity contribution in [1.29, 1.82) is 0 Å². The quantitative estimate of drug-likeness (QED) is 0.798. The summed E-state index contributed by atoms with van der Waals surface area (Å²) >= 11 is 5.39. The van der Waals surface area contributed by atoms with Crippen molar-refractivity contribution in [1.82, 2.24) is 5.32 Å².